The summed E-state index contributed by atoms with van der Waals surface area (Å²) in [6, 6.07) is 0. The molecule has 0 bridgehead atoms. The van der Waals surface area contributed by atoms with Crippen LogP contribution in [0.4, 0.5) is 0 Å². The van der Waals surface area contributed by atoms with E-state index in [2.05, 4.69) is 21.6 Å². The fraction of sp³-hybridized carbons (Fsp3) is 0. The molecule has 0 heterocycles. The van der Waals surface area contributed by atoms with Gasteiger partial charge in [-0.05, 0) is 0 Å². The van der Waals surface area contributed by atoms with Gasteiger partial charge in [0.2, 0.25) is 0 Å². The van der Waals surface area contributed by atoms with Crippen molar-refractivity contribution in [2.45, 2.75) is 0 Å². The van der Waals surface area contributed by atoms with E-state index >= 15 is 0 Å². The first-order chi connectivity index (χ1) is 1.91. The van der Waals surface area contributed by atoms with E-state index in [0.29, 0.717) is 0 Å². The molecule has 0 amide bonds. The molecule has 0 aliphatic rings. The molecular weight excluding hydrogens is 94.7 g/mol. The predicted molar refractivity (Wildman–Crippen MR) is 16.3 cm³/mol. The zero-order valence-corrected chi connectivity index (χ0v) is 3.17. The topological polar surface area (TPSA) is 0 Å². The third-order valence-corrected chi connectivity index (χ3v) is 0.307. The van der Waals surface area contributed by atoms with Crippen LogP contribution in [-0.2, 0) is 15.0 Å². The zero-order valence-electron chi connectivity index (χ0n) is 2.18. The summed E-state index contributed by atoms with van der Waals surface area (Å²) < 4.78 is 0. The molecule has 0 aliphatic heterocycles. The molecule has 1 heteroatoms. The van der Waals surface area contributed by atoms with Crippen LogP contribution in [-0.4, -0.2) is 4.99 Å². The minimum absolute atomic E-state index is 1.51. The average Bonchev–Trinajstić information content (AvgIpc) is 1.37. The Morgan fingerprint density at radius 2 is 2.00 bits per heavy atom. The van der Waals surface area contributed by atoms with Gasteiger partial charge in [-0.3, -0.25) is 0 Å². The maximum absolute atomic E-state index is 4.07. The van der Waals surface area contributed by atoms with Gasteiger partial charge in [0.05, 0.1) is 0 Å². The summed E-state index contributed by atoms with van der Waals surface area (Å²) in [7, 11) is 0. The van der Waals surface area contributed by atoms with Gasteiger partial charge in [0.1, 0.15) is 0 Å². The summed E-state index contributed by atoms with van der Waals surface area (Å²) in [6.07, 6.45) is 1.58. The molecule has 0 fully saturated rings. The molecule has 4 heavy (non-hydrogen) atoms. The summed E-state index contributed by atoms with van der Waals surface area (Å²) in [5.74, 6) is 0. The van der Waals surface area contributed by atoms with Crippen molar-refractivity contribution < 1.29 is 15.0 Å². The molecule has 0 aromatic heterocycles. The van der Waals surface area contributed by atoms with Gasteiger partial charge in [-0.25, -0.2) is 0 Å². The molecule has 0 aromatic rings. The van der Waals surface area contributed by atoms with E-state index in [4.69, 9.17) is 0 Å². The Kier molecular flexibility index (Phi) is 3.18. The molecule has 0 aliphatic carbocycles. The van der Waals surface area contributed by atoms with E-state index in [1.54, 1.807) is 6.08 Å². The van der Waals surface area contributed by atoms with Gasteiger partial charge < -0.3 is 0 Å². The van der Waals surface area contributed by atoms with E-state index in [1.807, 2.05) is 0 Å². The zero-order chi connectivity index (χ0) is 3.41. The number of allylic oxidation sites excluding steroid dienone is 1. The number of hydrogen-bond acceptors (Lipinski definition) is 0. The molecule has 0 aromatic carbocycles. The molecule has 0 radical (unpaired) electrons. The first-order valence-electron chi connectivity index (χ1n) is 0.924. The minimum atomic E-state index is 1.51. The third-order valence-electron chi connectivity index (χ3n) is 0.0745. The third kappa shape index (κ3) is 2.10. The number of rotatable bonds is 1. The second kappa shape index (κ2) is 3.10. The van der Waals surface area contributed by atoms with E-state index in [1.165, 1.54) is 4.99 Å². The van der Waals surface area contributed by atoms with Crippen LogP contribution >= 0.6 is 0 Å². The van der Waals surface area contributed by atoms with E-state index in [-0.39, 0.29) is 0 Å². The van der Waals surface area contributed by atoms with Gasteiger partial charge in [-0.2, -0.15) is 0 Å². The summed E-state index contributed by atoms with van der Waals surface area (Å²) in [5, 5.41) is 0. The second-order valence-electron chi connectivity index (χ2n) is 0.341. The van der Waals surface area contributed by atoms with E-state index < -0.39 is 0 Å². The molecule has 0 rings (SSSR count). The van der Waals surface area contributed by atoms with Gasteiger partial charge >= 0.3 is 32.7 Å². The van der Waals surface area contributed by atoms with Gasteiger partial charge in [0, 0.05) is 0 Å². The van der Waals surface area contributed by atoms with Crippen LogP contribution in [0.1, 0.15) is 0 Å². The Morgan fingerprint density at radius 1 is 1.75 bits per heavy atom. The quantitative estimate of drug-likeness (QED) is 0.420. The van der Waals surface area contributed by atoms with Crippen molar-refractivity contribution in [3.63, 3.8) is 0 Å². The van der Waals surface area contributed by atoms with Crippen LogP contribution in [0.2, 0.25) is 0 Å². The summed E-state index contributed by atoms with van der Waals surface area (Å²) in [5.41, 5.74) is 0. The molecule has 0 saturated heterocycles. The Labute approximate surface area is 33.4 Å². The van der Waals surface area contributed by atoms with Crippen molar-refractivity contribution >= 4 is 4.99 Å². The van der Waals surface area contributed by atoms with Crippen molar-refractivity contribution in [3.05, 3.63) is 12.7 Å². The SMILES string of the molecule is C=C[CH]=[Ni]. The van der Waals surface area contributed by atoms with Crippen LogP contribution in [0, 0.1) is 0 Å². The van der Waals surface area contributed by atoms with Crippen molar-refractivity contribution in [2.24, 2.45) is 0 Å². The van der Waals surface area contributed by atoms with Gasteiger partial charge in [0.15, 0.2) is 0 Å². The second-order valence-corrected chi connectivity index (χ2v) is 0.670. The van der Waals surface area contributed by atoms with E-state index in [9.17, 15) is 0 Å². The first-order valence-corrected chi connectivity index (χ1v) is 1.49. The average molecular weight is 98.8 g/mol. The van der Waals surface area contributed by atoms with Crippen molar-refractivity contribution in [2.75, 3.05) is 0 Å². The molecule has 0 atom stereocenters. The monoisotopic (exact) mass is 98.0 g/mol. The normalized spacial score (nSPS) is 5.50. The van der Waals surface area contributed by atoms with Crippen molar-refractivity contribution in [1.29, 1.82) is 0 Å². The summed E-state index contributed by atoms with van der Waals surface area (Å²) in [4.78, 5) is 1.51. The fourth-order valence-electron chi connectivity index (χ4n) is 0. The van der Waals surface area contributed by atoms with Crippen LogP contribution < -0.4 is 0 Å². The van der Waals surface area contributed by atoms with Gasteiger partial charge in [-0.1, -0.05) is 0 Å². The van der Waals surface area contributed by atoms with Crippen LogP contribution in [0.3, 0.4) is 0 Å². The van der Waals surface area contributed by atoms with Crippen LogP contribution in [0.25, 0.3) is 0 Å². The molecule has 0 N–H and O–H groups in total. The first kappa shape index (κ1) is 4.10. The Morgan fingerprint density at radius 3 is 2.00 bits per heavy atom. The Hall–Kier alpha value is 0.104. The Balaban J connectivity index is 2.73. The predicted octanol–water partition coefficient (Wildman–Crippen LogP) is 0.521. The molecule has 0 nitrogen and oxygen atoms in total. The van der Waals surface area contributed by atoms with E-state index in [0.717, 1.165) is 0 Å². The molecule has 26 valence electrons. The summed E-state index contributed by atoms with van der Waals surface area (Å²) in [6.45, 7) is 3.33. The summed E-state index contributed by atoms with van der Waals surface area (Å²) >= 11 is 4.07. The van der Waals surface area contributed by atoms with Crippen LogP contribution in [0.15, 0.2) is 12.7 Å². The van der Waals surface area contributed by atoms with Crippen molar-refractivity contribution in [1.82, 2.24) is 0 Å². The molecular formula is C3H4Ni. The number of hydrogen-bond donors (Lipinski definition) is 0. The standard InChI is InChI=1S/C3H4.Ni/c1-3-2;/h1,3H,2H2;. The van der Waals surface area contributed by atoms with Gasteiger partial charge in [-0.15, -0.1) is 0 Å². The molecule has 0 unspecified atom stereocenters. The molecule has 0 spiro atoms. The Bertz CT molecular complexity index is 24.3. The fourth-order valence-corrected chi connectivity index (χ4v) is 0. The molecule has 0 saturated carbocycles. The van der Waals surface area contributed by atoms with Gasteiger partial charge in [0.25, 0.3) is 0 Å². The van der Waals surface area contributed by atoms with Crippen molar-refractivity contribution in [3.8, 4) is 0 Å². The van der Waals surface area contributed by atoms with Crippen LogP contribution in [0.5, 0.6) is 0 Å². The maximum atomic E-state index is 4.07.